The topological polar surface area (TPSA) is 132 Å². The number of aliphatic carboxylic acids is 1. The Balaban J connectivity index is 0.000000507. The lowest BCUT2D eigenvalue weighted by molar-refractivity contribution is -0.131. The number of hydrogen-bond acceptors (Lipinski definition) is 5. The van der Waals surface area contributed by atoms with Gasteiger partial charge in [0.1, 0.15) is 0 Å². The number of carbonyl (C=O) groups is 3. The van der Waals surface area contributed by atoms with Crippen LogP contribution in [0.4, 0.5) is 0 Å². The molecule has 0 saturated heterocycles. The number of aryl methyl sites for hydroxylation is 3. The van der Waals surface area contributed by atoms with Gasteiger partial charge in [-0.3, -0.25) is 4.79 Å². The summed E-state index contributed by atoms with van der Waals surface area (Å²) >= 11 is 0. The second-order valence-corrected chi connectivity index (χ2v) is 9.04. The predicted octanol–water partition coefficient (Wildman–Crippen LogP) is 5.21. The maximum absolute atomic E-state index is 11.3. The van der Waals surface area contributed by atoms with Gasteiger partial charge in [0.05, 0.1) is 17.8 Å². The summed E-state index contributed by atoms with van der Waals surface area (Å²) in [5.41, 5.74) is 2.77. The van der Waals surface area contributed by atoms with Crippen molar-refractivity contribution in [2.24, 2.45) is 5.41 Å². The molecule has 0 radical (unpaired) electrons. The predicted molar refractivity (Wildman–Crippen MR) is 137 cm³/mol. The van der Waals surface area contributed by atoms with Crippen molar-refractivity contribution < 1.29 is 34.8 Å². The monoisotopic (exact) mass is 488 g/mol. The maximum Gasteiger partial charge on any atom is 0.377 e. The van der Waals surface area contributed by atoms with Crippen molar-refractivity contribution in [1.29, 1.82) is 0 Å². The van der Waals surface area contributed by atoms with E-state index in [1.54, 1.807) is 58.0 Å². The van der Waals surface area contributed by atoms with Gasteiger partial charge in [0.2, 0.25) is 0 Å². The number of rotatable bonds is 8. The lowest BCUT2D eigenvalue weighted by Gasteiger charge is -2.35. The van der Waals surface area contributed by atoms with Gasteiger partial charge < -0.3 is 20.4 Å². The van der Waals surface area contributed by atoms with E-state index in [4.69, 9.17) is 10.2 Å². The first-order valence-corrected chi connectivity index (χ1v) is 11.7. The summed E-state index contributed by atoms with van der Waals surface area (Å²) in [5.74, 6) is -3.12. The molecule has 2 rings (SSSR count). The Bertz CT molecular complexity index is 932. The second kappa shape index (κ2) is 15.1. The Morgan fingerprint density at radius 2 is 1.34 bits per heavy atom. The van der Waals surface area contributed by atoms with Gasteiger partial charge in [-0.1, -0.05) is 62.6 Å². The normalized spacial score (nSPS) is 13.6. The highest BCUT2D eigenvalue weighted by Crippen LogP contribution is 2.32. The van der Waals surface area contributed by atoms with E-state index in [0.717, 1.165) is 36.0 Å². The highest BCUT2D eigenvalue weighted by Gasteiger charge is 2.34. The van der Waals surface area contributed by atoms with E-state index in [9.17, 15) is 24.6 Å². The van der Waals surface area contributed by atoms with E-state index in [2.05, 4.69) is 6.92 Å². The molecule has 7 nitrogen and oxygen atoms in total. The number of aliphatic hydroxyl groups excluding tert-OH is 2. The summed E-state index contributed by atoms with van der Waals surface area (Å²) in [6.07, 6.45) is 2.17. The standard InChI is InChI=1S/C11H12O3.C10H22O2.C7H6O2/c1-6-4-7(2)9(8(3)5-6)10(12)11(13)14;1-5-6-7-10(4,8(2)11)9(3)12;8-7(9)6-4-2-1-3-5-6/h4-5H,1-3H3,(H,13,14);8-9,11-12H,5-7H2,1-4H3;1-5H,(H,8,9). The molecule has 4 N–H and O–H groups in total. The molecular formula is C28H40O7. The van der Waals surface area contributed by atoms with Crippen molar-refractivity contribution in [3.8, 4) is 0 Å². The molecule has 0 saturated carbocycles. The quantitative estimate of drug-likeness (QED) is 0.296. The fourth-order valence-electron chi connectivity index (χ4n) is 3.55. The number of ketones is 1. The van der Waals surface area contributed by atoms with Crippen molar-refractivity contribution in [2.45, 2.75) is 79.9 Å². The molecule has 0 aliphatic rings. The molecule has 2 unspecified atom stereocenters. The molecule has 0 fully saturated rings. The van der Waals surface area contributed by atoms with E-state index in [1.165, 1.54) is 0 Å². The Hall–Kier alpha value is -3.03. The number of unbranched alkanes of at least 4 members (excludes halogenated alkanes) is 1. The van der Waals surface area contributed by atoms with Crippen LogP contribution in [0.3, 0.4) is 0 Å². The smallest absolute Gasteiger partial charge is 0.377 e. The molecule has 0 spiro atoms. The van der Waals surface area contributed by atoms with Crippen molar-refractivity contribution in [1.82, 2.24) is 0 Å². The van der Waals surface area contributed by atoms with Crippen LogP contribution in [0.25, 0.3) is 0 Å². The molecule has 7 heteroatoms. The Kier molecular flexibility index (Phi) is 13.8. The SMILES string of the molecule is CCCCC(C)(C(C)O)C(C)O.Cc1cc(C)c(C(=O)C(=O)O)c(C)c1.O=C(O)c1ccccc1. The highest BCUT2D eigenvalue weighted by atomic mass is 16.4. The molecule has 2 aromatic rings. The number of aromatic carboxylic acids is 1. The zero-order valence-electron chi connectivity index (χ0n) is 21.8. The molecule has 0 aliphatic carbocycles. The first-order chi connectivity index (χ1) is 16.2. The number of hydrogen-bond donors (Lipinski definition) is 4. The summed E-state index contributed by atoms with van der Waals surface area (Å²) in [5, 5.41) is 36.0. The first kappa shape index (κ1) is 32.0. The Morgan fingerprint density at radius 1 is 0.886 bits per heavy atom. The Labute approximate surface area is 208 Å². The van der Waals surface area contributed by atoms with Gasteiger partial charge in [0.25, 0.3) is 5.78 Å². The zero-order chi connectivity index (χ0) is 27.3. The second-order valence-electron chi connectivity index (χ2n) is 9.04. The first-order valence-electron chi connectivity index (χ1n) is 11.7. The third kappa shape index (κ3) is 10.4. The van der Waals surface area contributed by atoms with Crippen LogP contribution in [0, 0.1) is 26.2 Å². The van der Waals surface area contributed by atoms with E-state index in [0.29, 0.717) is 11.1 Å². The number of carbonyl (C=O) groups excluding carboxylic acids is 1. The molecule has 0 aliphatic heterocycles. The van der Waals surface area contributed by atoms with E-state index < -0.39 is 29.9 Å². The van der Waals surface area contributed by atoms with E-state index in [1.807, 2.05) is 26.0 Å². The molecule has 0 heterocycles. The molecular weight excluding hydrogens is 448 g/mol. The van der Waals surface area contributed by atoms with Gasteiger partial charge in [0.15, 0.2) is 0 Å². The lowest BCUT2D eigenvalue weighted by atomic mass is 9.76. The molecule has 35 heavy (non-hydrogen) atoms. The van der Waals surface area contributed by atoms with Crippen LogP contribution in [0.1, 0.15) is 84.4 Å². The van der Waals surface area contributed by atoms with Crippen LogP contribution >= 0.6 is 0 Å². The summed E-state index contributed by atoms with van der Waals surface area (Å²) < 4.78 is 0. The maximum atomic E-state index is 11.3. The van der Waals surface area contributed by atoms with Crippen LogP contribution in [-0.4, -0.2) is 50.4 Å². The third-order valence-electron chi connectivity index (χ3n) is 6.10. The van der Waals surface area contributed by atoms with E-state index >= 15 is 0 Å². The summed E-state index contributed by atoms with van der Waals surface area (Å²) in [6, 6.07) is 11.9. The van der Waals surface area contributed by atoms with Gasteiger partial charge in [-0.15, -0.1) is 0 Å². The molecule has 194 valence electrons. The van der Waals surface area contributed by atoms with Gasteiger partial charge in [0, 0.05) is 11.0 Å². The Morgan fingerprint density at radius 3 is 1.66 bits per heavy atom. The van der Waals surface area contributed by atoms with Crippen molar-refractivity contribution in [3.63, 3.8) is 0 Å². The highest BCUT2D eigenvalue weighted by molar-refractivity contribution is 6.40. The minimum Gasteiger partial charge on any atom is -0.478 e. The van der Waals surface area contributed by atoms with Gasteiger partial charge in [-0.05, 0) is 64.3 Å². The summed E-state index contributed by atoms with van der Waals surface area (Å²) in [4.78, 5) is 32.0. The van der Waals surface area contributed by atoms with Crippen LogP contribution in [0.15, 0.2) is 42.5 Å². The van der Waals surface area contributed by atoms with Crippen LogP contribution in [0.2, 0.25) is 0 Å². The molecule has 2 atom stereocenters. The average molecular weight is 489 g/mol. The van der Waals surface area contributed by atoms with E-state index in [-0.39, 0.29) is 5.41 Å². The van der Waals surface area contributed by atoms with Gasteiger partial charge in [-0.2, -0.15) is 0 Å². The third-order valence-corrected chi connectivity index (χ3v) is 6.10. The molecule has 0 aromatic heterocycles. The largest absolute Gasteiger partial charge is 0.478 e. The number of carboxylic acid groups (broad SMARTS) is 2. The molecule has 0 bridgehead atoms. The van der Waals surface area contributed by atoms with Gasteiger partial charge >= 0.3 is 11.9 Å². The van der Waals surface area contributed by atoms with Crippen molar-refractivity contribution in [3.05, 3.63) is 70.3 Å². The molecule has 0 amide bonds. The summed E-state index contributed by atoms with van der Waals surface area (Å²) in [6.45, 7) is 13.0. The fraction of sp³-hybridized carbons (Fsp3) is 0.464. The number of Topliss-reactive ketones (excluding diaryl/α,β-unsaturated/α-hetero) is 1. The lowest BCUT2D eigenvalue weighted by Crippen LogP contribution is -2.39. The van der Waals surface area contributed by atoms with Crippen molar-refractivity contribution in [2.75, 3.05) is 0 Å². The van der Waals surface area contributed by atoms with Crippen LogP contribution in [0.5, 0.6) is 0 Å². The van der Waals surface area contributed by atoms with Gasteiger partial charge in [-0.25, -0.2) is 9.59 Å². The minimum atomic E-state index is -1.40. The number of benzene rings is 2. The fourth-order valence-corrected chi connectivity index (χ4v) is 3.55. The summed E-state index contributed by atoms with van der Waals surface area (Å²) in [7, 11) is 0. The zero-order valence-corrected chi connectivity index (χ0v) is 21.8. The number of aliphatic hydroxyl groups is 2. The van der Waals surface area contributed by atoms with Crippen LogP contribution < -0.4 is 0 Å². The van der Waals surface area contributed by atoms with Crippen molar-refractivity contribution >= 4 is 17.7 Å². The molecule has 2 aromatic carbocycles. The minimum absolute atomic E-state index is 0.308. The number of carboxylic acids is 2. The average Bonchev–Trinajstić information content (AvgIpc) is 2.77. The van der Waals surface area contributed by atoms with Crippen LogP contribution in [-0.2, 0) is 4.79 Å².